The van der Waals surface area contributed by atoms with Crippen LogP contribution in [0, 0.1) is 0 Å². The molecule has 0 radical (unpaired) electrons. The molecule has 0 bridgehead atoms. The van der Waals surface area contributed by atoms with Gasteiger partial charge in [0.15, 0.2) is 0 Å². The summed E-state index contributed by atoms with van der Waals surface area (Å²) in [6, 6.07) is 6.59. The Morgan fingerprint density at radius 2 is 1.88 bits per heavy atom. The molecule has 25 heavy (non-hydrogen) atoms. The van der Waals surface area contributed by atoms with Crippen LogP contribution in [0.3, 0.4) is 0 Å². The van der Waals surface area contributed by atoms with Crippen LogP contribution in [0.5, 0.6) is 0 Å². The third kappa shape index (κ3) is 4.04. The first-order valence-electron chi connectivity index (χ1n) is 7.74. The summed E-state index contributed by atoms with van der Waals surface area (Å²) < 4.78 is 38.6. The first-order chi connectivity index (χ1) is 11.8. The molecule has 1 aromatic carbocycles. The molecule has 0 aliphatic carbocycles. The molecule has 1 saturated heterocycles. The van der Waals surface area contributed by atoms with Gasteiger partial charge in [-0.15, -0.1) is 0 Å². The number of anilines is 2. The third-order valence-electron chi connectivity index (χ3n) is 3.97. The summed E-state index contributed by atoms with van der Waals surface area (Å²) in [5.74, 6) is 0.260. The van der Waals surface area contributed by atoms with Crippen molar-refractivity contribution in [3.05, 3.63) is 52.7 Å². The van der Waals surface area contributed by atoms with Crippen LogP contribution in [0.25, 0.3) is 0 Å². The molecule has 2 aromatic rings. The third-order valence-corrected chi connectivity index (χ3v) is 4.30. The molecule has 1 aliphatic heterocycles. The molecule has 1 N–H and O–H groups in total. The number of alkyl halides is 3. The van der Waals surface area contributed by atoms with Crippen molar-refractivity contribution < 1.29 is 18.0 Å². The molecule has 132 valence electrons. The summed E-state index contributed by atoms with van der Waals surface area (Å²) in [7, 11) is 0. The van der Waals surface area contributed by atoms with Gasteiger partial charge >= 0.3 is 6.18 Å². The van der Waals surface area contributed by atoms with E-state index in [2.05, 4.69) is 15.2 Å². The highest BCUT2D eigenvalue weighted by Crippen LogP contribution is 2.36. The van der Waals surface area contributed by atoms with E-state index in [1.54, 1.807) is 12.1 Å². The second kappa shape index (κ2) is 6.92. The van der Waals surface area contributed by atoms with Crippen LogP contribution in [0.4, 0.5) is 24.7 Å². The van der Waals surface area contributed by atoms with E-state index in [1.807, 2.05) is 0 Å². The molecule has 1 aromatic heterocycles. The zero-order valence-electron chi connectivity index (χ0n) is 13.1. The molecular formula is C17H15ClF3N3O. The Labute approximate surface area is 147 Å². The van der Waals surface area contributed by atoms with Crippen molar-refractivity contribution in [1.29, 1.82) is 0 Å². The molecule has 8 heteroatoms. The summed E-state index contributed by atoms with van der Waals surface area (Å²) in [5, 5.41) is 2.02. The maximum absolute atomic E-state index is 12.9. The van der Waals surface area contributed by atoms with E-state index in [0.29, 0.717) is 0 Å². The number of hydrogen-bond acceptors (Lipinski definition) is 3. The quantitative estimate of drug-likeness (QED) is 0.859. The average molecular weight is 370 g/mol. The monoisotopic (exact) mass is 369 g/mol. The number of hydrogen-bond donors (Lipinski definition) is 1. The van der Waals surface area contributed by atoms with Gasteiger partial charge in [-0.2, -0.15) is 13.2 Å². The lowest BCUT2D eigenvalue weighted by molar-refractivity contribution is -0.137. The van der Waals surface area contributed by atoms with E-state index in [-0.39, 0.29) is 11.3 Å². The van der Waals surface area contributed by atoms with Gasteiger partial charge in [-0.1, -0.05) is 11.6 Å². The van der Waals surface area contributed by atoms with Crippen molar-refractivity contribution in [2.75, 3.05) is 23.3 Å². The molecule has 2 heterocycles. The van der Waals surface area contributed by atoms with Crippen LogP contribution in [0.1, 0.15) is 28.8 Å². The fraction of sp³-hybridized carbons (Fsp3) is 0.294. The Morgan fingerprint density at radius 3 is 2.48 bits per heavy atom. The van der Waals surface area contributed by atoms with E-state index in [1.165, 1.54) is 12.3 Å². The average Bonchev–Trinajstić information content (AvgIpc) is 3.10. The zero-order valence-corrected chi connectivity index (χ0v) is 13.9. The fourth-order valence-corrected chi connectivity index (χ4v) is 2.90. The predicted molar refractivity (Wildman–Crippen MR) is 90.1 cm³/mol. The van der Waals surface area contributed by atoms with E-state index in [0.717, 1.165) is 43.9 Å². The Hall–Kier alpha value is -2.28. The van der Waals surface area contributed by atoms with E-state index in [9.17, 15) is 18.0 Å². The number of halogens is 4. The largest absolute Gasteiger partial charge is 0.417 e. The Kier molecular flexibility index (Phi) is 4.85. The minimum Gasteiger partial charge on any atom is -0.357 e. The van der Waals surface area contributed by atoms with Crippen LogP contribution in [0.2, 0.25) is 5.02 Å². The van der Waals surface area contributed by atoms with Crippen molar-refractivity contribution in [3.8, 4) is 0 Å². The van der Waals surface area contributed by atoms with Gasteiger partial charge in [0.05, 0.1) is 16.1 Å². The van der Waals surface area contributed by atoms with Gasteiger partial charge in [0.2, 0.25) is 0 Å². The van der Waals surface area contributed by atoms with E-state index in [4.69, 9.17) is 11.6 Å². The van der Waals surface area contributed by atoms with Crippen LogP contribution < -0.4 is 10.2 Å². The van der Waals surface area contributed by atoms with Crippen LogP contribution in [-0.4, -0.2) is 24.0 Å². The summed E-state index contributed by atoms with van der Waals surface area (Å²) >= 11 is 5.57. The Balaban J connectivity index is 1.74. The fourth-order valence-electron chi connectivity index (χ4n) is 2.68. The predicted octanol–water partition coefficient (Wildman–Crippen LogP) is 4.61. The minimum absolute atomic E-state index is 0.0188. The smallest absolute Gasteiger partial charge is 0.357 e. The highest BCUT2D eigenvalue weighted by molar-refractivity contribution is 6.31. The normalized spacial score (nSPS) is 14.6. The molecule has 1 amide bonds. The second-order valence-electron chi connectivity index (χ2n) is 5.75. The summed E-state index contributed by atoms with van der Waals surface area (Å²) in [4.78, 5) is 18.6. The van der Waals surface area contributed by atoms with Crippen molar-refractivity contribution >= 4 is 29.0 Å². The van der Waals surface area contributed by atoms with Gasteiger partial charge < -0.3 is 10.2 Å². The lowest BCUT2D eigenvalue weighted by Crippen LogP contribution is -2.19. The van der Waals surface area contributed by atoms with Crippen molar-refractivity contribution in [2.45, 2.75) is 19.0 Å². The second-order valence-corrected chi connectivity index (χ2v) is 6.15. The highest BCUT2D eigenvalue weighted by atomic mass is 35.5. The molecule has 1 fully saturated rings. The maximum Gasteiger partial charge on any atom is 0.417 e. The van der Waals surface area contributed by atoms with E-state index < -0.39 is 22.7 Å². The van der Waals surface area contributed by atoms with Crippen LogP contribution in [0.15, 0.2) is 36.5 Å². The summed E-state index contributed by atoms with van der Waals surface area (Å²) in [6.07, 6.45) is -0.940. The van der Waals surface area contributed by atoms with Gasteiger partial charge in [0.25, 0.3) is 5.91 Å². The lowest BCUT2D eigenvalue weighted by atomic mass is 10.2. The summed E-state index contributed by atoms with van der Waals surface area (Å²) in [6.45, 7) is 1.87. The molecule has 1 aliphatic rings. The zero-order chi connectivity index (χ0) is 18.0. The van der Waals surface area contributed by atoms with Crippen molar-refractivity contribution in [1.82, 2.24) is 4.98 Å². The van der Waals surface area contributed by atoms with Gasteiger partial charge in [-0.05, 0) is 43.2 Å². The number of aromatic nitrogens is 1. The number of rotatable bonds is 3. The number of carbonyl (C=O) groups excluding carboxylic acids is 1. The van der Waals surface area contributed by atoms with Crippen molar-refractivity contribution in [2.24, 2.45) is 0 Å². The summed E-state index contributed by atoms with van der Waals surface area (Å²) in [5.41, 5.74) is -0.703. The minimum atomic E-state index is -4.59. The first-order valence-corrected chi connectivity index (χ1v) is 8.11. The van der Waals surface area contributed by atoms with Gasteiger partial charge in [-0.3, -0.25) is 4.79 Å². The van der Waals surface area contributed by atoms with Crippen molar-refractivity contribution in [3.63, 3.8) is 0 Å². The molecule has 4 nitrogen and oxygen atoms in total. The highest BCUT2D eigenvalue weighted by Gasteiger charge is 2.33. The van der Waals surface area contributed by atoms with Gasteiger partial charge in [0, 0.05) is 25.0 Å². The molecule has 0 atom stereocenters. The van der Waals surface area contributed by atoms with Crippen LogP contribution in [-0.2, 0) is 6.18 Å². The molecule has 0 unspecified atom stereocenters. The SMILES string of the molecule is O=C(Nc1ccc(Cl)c(C(F)(F)F)c1)c1ccc(N2CCCC2)nc1. The standard InChI is InChI=1S/C17H15ClF3N3O/c18-14-5-4-12(9-13(14)17(19,20)21)23-16(25)11-3-6-15(22-10-11)24-7-1-2-8-24/h3-6,9-10H,1-2,7-8H2,(H,23,25). The lowest BCUT2D eigenvalue weighted by Gasteiger charge is -2.16. The van der Waals surface area contributed by atoms with E-state index >= 15 is 0 Å². The molecule has 3 rings (SSSR count). The number of carbonyl (C=O) groups is 1. The maximum atomic E-state index is 12.9. The molecular weight excluding hydrogens is 355 g/mol. The van der Waals surface area contributed by atoms with Crippen LogP contribution >= 0.6 is 11.6 Å². The van der Waals surface area contributed by atoms with Gasteiger partial charge in [0.1, 0.15) is 5.82 Å². The first kappa shape index (κ1) is 17.5. The molecule has 0 spiro atoms. The number of nitrogens with one attached hydrogen (secondary N) is 1. The number of pyridine rings is 1. The number of benzene rings is 1. The topological polar surface area (TPSA) is 45.2 Å². The molecule has 0 saturated carbocycles. The van der Waals surface area contributed by atoms with Gasteiger partial charge in [-0.25, -0.2) is 4.98 Å². The number of amides is 1. The Morgan fingerprint density at radius 1 is 1.16 bits per heavy atom. The number of nitrogens with zero attached hydrogens (tertiary/aromatic N) is 2. The Bertz CT molecular complexity index is 772.